The van der Waals surface area contributed by atoms with Crippen molar-refractivity contribution in [2.45, 2.75) is 5.41 Å². The van der Waals surface area contributed by atoms with Crippen LogP contribution in [0.1, 0.15) is 22.3 Å². The van der Waals surface area contributed by atoms with Gasteiger partial charge in [0.2, 0.25) is 0 Å². The lowest BCUT2D eigenvalue weighted by Gasteiger charge is -2.39. The van der Waals surface area contributed by atoms with E-state index in [4.69, 9.17) is 4.74 Å². The molecule has 1 atom stereocenters. The van der Waals surface area contributed by atoms with E-state index in [9.17, 15) is 0 Å². The second kappa shape index (κ2) is 13.4. The Hall–Kier alpha value is -7.42. The largest absolute Gasteiger partial charge is 0.457 e. The number of benzene rings is 9. The zero-order valence-corrected chi connectivity index (χ0v) is 31.2. The summed E-state index contributed by atoms with van der Waals surface area (Å²) < 4.78 is 6.82. The van der Waals surface area contributed by atoms with Gasteiger partial charge in [0.15, 0.2) is 0 Å². The predicted molar refractivity (Wildman–Crippen MR) is 235 cm³/mol. The standard InChI is InChI=1S/C55H37NO/c1-4-16-38(17-5-1)40-28-31-43(32-29-40)56(52-26-14-11-22-45(52)41-20-8-3-9-21-41)44-33-35-49-47(37-44)46-23-10-12-24-48(46)55(49)50-25-13-15-27-53(50)57-54-36-42(30-34-51(54)55)39-18-6-2-7-19-39/h1-37H. The van der Waals surface area contributed by atoms with Crippen molar-refractivity contribution in [1.82, 2.24) is 0 Å². The van der Waals surface area contributed by atoms with Crippen LogP contribution in [0.2, 0.25) is 0 Å². The monoisotopic (exact) mass is 727 g/mol. The van der Waals surface area contributed by atoms with Gasteiger partial charge in [-0.15, -0.1) is 0 Å². The number of ether oxygens (including phenoxy) is 1. The van der Waals surface area contributed by atoms with Crippen LogP contribution in [0.5, 0.6) is 11.5 Å². The average Bonchev–Trinajstić information content (AvgIpc) is 3.57. The highest BCUT2D eigenvalue weighted by atomic mass is 16.5. The summed E-state index contributed by atoms with van der Waals surface area (Å²) in [4.78, 5) is 2.42. The summed E-state index contributed by atoms with van der Waals surface area (Å²) in [6, 6.07) is 81.0. The summed E-state index contributed by atoms with van der Waals surface area (Å²) in [5.74, 6) is 1.78. The summed E-state index contributed by atoms with van der Waals surface area (Å²) in [7, 11) is 0. The maximum Gasteiger partial charge on any atom is 0.132 e. The van der Waals surface area contributed by atoms with E-state index in [2.05, 4.69) is 229 Å². The van der Waals surface area contributed by atoms with Crippen molar-refractivity contribution < 1.29 is 4.74 Å². The Labute approximate surface area is 333 Å². The zero-order valence-electron chi connectivity index (χ0n) is 31.2. The molecule has 9 aromatic rings. The molecular formula is C55H37NO. The lowest BCUT2D eigenvalue weighted by atomic mass is 9.66. The molecule has 1 spiro atoms. The summed E-state index contributed by atoms with van der Waals surface area (Å²) in [5, 5.41) is 0. The Morgan fingerprint density at radius 1 is 0.298 bits per heavy atom. The van der Waals surface area contributed by atoms with E-state index in [1.54, 1.807) is 0 Å². The molecule has 9 aromatic carbocycles. The zero-order chi connectivity index (χ0) is 37.8. The third-order valence-electron chi connectivity index (χ3n) is 11.8. The Morgan fingerprint density at radius 3 is 1.53 bits per heavy atom. The minimum atomic E-state index is -0.562. The van der Waals surface area contributed by atoms with Gasteiger partial charge in [-0.3, -0.25) is 0 Å². The Bertz CT molecular complexity index is 2920. The molecule has 0 radical (unpaired) electrons. The van der Waals surface area contributed by atoms with Crippen molar-refractivity contribution >= 4 is 17.1 Å². The maximum absolute atomic E-state index is 6.82. The van der Waals surface area contributed by atoms with Crippen LogP contribution in [0.15, 0.2) is 224 Å². The summed E-state index contributed by atoms with van der Waals surface area (Å²) in [6.07, 6.45) is 0. The lowest BCUT2D eigenvalue weighted by molar-refractivity contribution is 0.436. The minimum absolute atomic E-state index is 0.562. The molecule has 1 aliphatic carbocycles. The smallest absolute Gasteiger partial charge is 0.132 e. The number of hydrogen-bond acceptors (Lipinski definition) is 2. The summed E-state index contributed by atoms with van der Waals surface area (Å²) >= 11 is 0. The van der Waals surface area contributed by atoms with Gasteiger partial charge in [0.1, 0.15) is 11.5 Å². The molecule has 57 heavy (non-hydrogen) atoms. The van der Waals surface area contributed by atoms with Gasteiger partial charge in [0, 0.05) is 28.1 Å². The first-order valence-electron chi connectivity index (χ1n) is 19.6. The van der Waals surface area contributed by atoms with Gasteiger partial charge >= 0.3 is 0 Å². The molecule has 0 fully saturated rings. The van der Waals surface area contributed by atoms with Gasteiger partial charge in [-0.25, -0.2) is 0 Å². The highest BCUT2D eigenvalue weighted by Crippen LogP contribution is 2.63. The van der Waals surface area contributed by atoms with Gasteiger partial charge in [0.05, 0.1) is 11.1 Å². The van der Waals surface area contributed by atoms with E-state index < -0.39 is 5.41 Å². The fourth-order valence-electron chi connectivity index (χ4n) is 9.24. The van der Waals surface area contributed by atoms with Gasteiger partial charge in [-0.1, -0.05) is 182 Å². The molecule has 1 unspecified atom stereocenters. The number of anilines is 3. The fourth-order valence-corrected chi connectivity index (χ4v) is 9.24. The molecular weight excluding hydrogens is 691 g/mol. The van der Waals surface area contributed by atoms with E-state index >= 15 is 0 Å². The molecule has 2 aliphatic rings. The summed E-state index contributed by atoms with van der Waals surface area (Å²) in [6.45, 7) is 0. The van der Waals surface area contributed by atoms with Crippen molar-refractivity contribution in [3.8, 4) is 56.0 Å². The van der Waals surface area contributed by atoms with Gasteiger partial charge in [0.25, 0.3) is 0 Å². The number of fused-ring (bicyclic) bond motifs is 9. The van der Waals surface area contributed by atoms with E-state index in [-0.39, 0.29) is 0 Å². The van der Waals surface area contributed by atoms with Crippen LogP contribution in [0.3, 0.4) is 0 Å². The molecule has 0 saturated carbocycles. The van der Waals surface area contributed by atoms with Crippen molar-refractivity contribution in [3.05, 3.63) is 247 Å². The molecule has 0 aromatic heterocycles. The number of nitrogens with zero attached hydrogens (tertiary/aromatic N) is 1. The van der Waals surface area contributed by atoms with E-state index in [0.717, 1.165) is 45.3 Å². The van der Waals surface area contributed by atoms with Crippen LogP contribution < -0.4 is 9.64 Å². The third-order valence-corrected chi connectivity index (χ3v) is 11.8. The van der Waals surface area contributed by atoms with Gasteiger partial charge in [-0.2, -0.15) is 0 Å². The quantitative estimate of drug-likeness (QED) is 0.169. The number of hydrogen-bond donors (Lipinski definition) is 0. The molecule has 2 heteroatoms. The third kappa shape index (κ3) is 5.26. The van der Waals surface area contributed by atoms with Gasteiger partial charge in [-0.05, 0) is 92.5 Å². The molecule has 0 amide bonds. The van der Waals surface area contributed by atoms with Crippen molar-refractivity contribution in [3.63, 3.8) is 0 Å². The average molecular weight is 728 g/mol. The molecule has 0 saturated heterocycles. The second-order valence-corrected chi connectivity index (χ2v) is 14.8. The number of rotatable bonds is 6. The van der Waals surface area contributed by atoms with Gasteiger partial charge < -0.3 is 9.64 Å². The van der Waals surface area contributed by atoms with Crippen LogP contribution in [0, 0.1) is 0 Å². The van der Waals surface area contributed by atoms with Crippen molar-refractivity contribution in [2.75, 3.05) is 4.90 Å². The lowest BCUT2D eigenvalue weighted by Crippen LogP contribution is -2.32. The fraction of sp³-hybridized carbons (Fsp3) is 0.0182. The molecule has 1 heterocycles. The molecule has 1 aliphatic heterocycles. The molecule has 268 valence electrons. The SMILES string of the molecule is c1ccc(-c2ccc(N(c3ccc4c(c3)-c3ccccc3C43c4ccccc4Oc4cc(-c5ccccc5)ccc43)c3ccccc3-c3ccccc3)cc2)cc1. The maximum atomic E-state index is 6.82. The van der Waals surface area contributed by atoms with Crippen LogP contribution in [0.25, 0.3) is 44.5 Å². The molecule has 2 nitrogen and oxygen atoms in total. The Balaban J connectivity index is 1.14. The van der Waals surface area contributed by atoms with Crippen LogP contribution in [-0.2, 0) is 5.41 Å². The minimum Gasteiger partial charge on any atom is -0.457 e. The van der Waals surface area contributed by atoms with E-state index in [1.165, 1.54) is 50.1 Å². The topological polar surface area (TPSA) is 12.5 Å². The highest BCUT2D eigenvalue weighted by Gasteiger charge is 2.51. The predicted octanol–water partition coefficient (Wildman–Crippen LogP) is 14.6. The van der Waals surface area contributed by atoms with Crippen molar-refractivity contribution in [2.24, 2.45) is 0 Å². The summed E-state index contributed by atoms with van der Waals surface area (Å²) in [5.41, 5.74) is 17.1. The van der Waals surface area contributed by atoms with Crippen molar-refractivity contribution in [1.29, 1.82) is 0 Å². The second-order valence-electron chi connectivity index (χ2n) is 14.8. The normalized spacial score (nSPS) is 14.5. The Kier molecular flexibility index (Phi) is 7.75. The molecule has 11 rings (SSSR count). The van der Waals surface area contributed by atoms with Crippen LogP contribution >= 0.6 is 0 Å². The molecule has 0 N–H and O–H groups in total. The van der Waals surface area contributed by atoms with E-state index in [1.807, 2.05) is 0 Å². The van der Waals surface area contributed by atoms with Crippen LogP contribution in [0.4, 0.5) is 17.1 Å². The highest BCUT2D eigenvalue weighted by molar-refractivity contribution is 5.94. The number of para-hydroxylation sites is 2. The Morgan fingerprint density at radius 2 is 0.789 bits per heavy atom. The van der Waals surface area contributed by atoms with E-state index in [0.29, 0.717) is 0 Å². The first-order chi connectivity index (χ1) is 28.3. The first kappa shape index (κ1) is 33.0. The van der Waals surface area contributed by atoms with Crippen LogP contribution in [-0.4, -0.2) is 0 Å². The molecule has 0 bridgehead atoms. The first-order valence-corrected chi connectivity index (χ1v) is 19.6.